The molecule has 2 aromatic carbocycles. The van der Waals surface area contributed by atoms with Gasteiger partial charge in [0, 0.05) is 37.5 Å². The molecule has 3 amide bonds. The van der Waals surface area contributed by atoms with E-state index in [1.54, 1.807) is 11.9 Å². The van der Waals surface area contributed by atoms with Crippen LogP contribution in [0.15, 0.2) is 54.9 Å². The number of anilines is 2. The highest BCUT2D eigenvalue weighted by atomic mass is 32.1. The minimum Gasteiger partial charge on any atom is -0.436 e. The van der Waals surface area contributed by atoms with E-state index in [9.17, 15) is 18.4 Å². The lowest BCUT2D eigenvalue weighted by atomic mass is 10.1. The van der Waals surface area contributed by atoms with Gasteiger partial charge < -0.3 is 25.2 Å². The number of carbonyl (C=O) groups excluding carboxylic acids is 2. The Hall–Kier alpha value is -4.23. The maximum Gasteiger partial charge on any atom is 0.323 e. The molecule has 1 atom stereocenters. The molecule has 0 unspecified atom stereocenters. The smallest absolute Gasteiger partial charge is 0.323 e. The Kier molecular flexibility index (Phi) is 9.51. The quantitative estimate of drug-likeness (QED) is 0.364. The molecule has 1 aliphatic rings. The molecular weight excluding hydrogens is 540 g/mol. The second kappa shape index (κ2) is 13.2. The van der Waals surface area contributed by atoms with Gasteiger partial charge in [-0.2, -0.15) is 0 Å². The number of carbonyl (C=O) groups is 2. The molecule has 1 aliphatic heterocycles. The average molecular weight is 570 g/mol. The molecule has 0 bridgehead atoms. The van der Waals surface area contributed by atoms with Crippen molar-refractivity contribution in [2.45, 2.75) is 25.3 Å². The van der Waals surface area contributed by atoms with Crippen LogP contribution in [0.25, 0.3) is 0 Å². The van der Waals surface area contributed by atoms with Crippen molar-refractivity contribution in [2.24, 2.45) is 0 Å². The van der Waals surface area contributed by atoms with E-state index in [-0.39, 0.29) is 46.7 Å². The first-order chi connectivity index (χ1) is 19.2. The van der Waals surface area contributed by atoms with E-state index in [2.05, 4.69) is 30.8 Å². The first kappa shape index (κ1) is 28.8. The van der Waals surface area contributed by atoms with Crippen LogP contribution in [-0.2, 0) is 11.2 Å². The van der Waals surface area contributed by atoms with Crippen molar-refractivity contribution in [1.29, 1.82) is 0 Å². The standard InChI is InChI=1S/C27H29F2N7O3S/c1-35-11-3-4-20(15-35)36(2)27(38)33-23-14-25(31-16-30-23)39-22-10-9-19(13-21(22)29)32-26(40)34-24(37)12-17-5-7-18(28)8-6-17/h5-10,13-14,16,20H,3-4,11-12,15H2,1-2H3,(H,30,31,33,38)(H2,32,34,37,40)/t20-/m1/s1. The number of amides is 3. The van der Waals surface area contributed by atoms with Gasteiger partial charge in [0.2, 0.25) is 11.8 Å². The number of aromatic nitrogens is 2. The number of urea groups is 1. The van der Waals surface area contributed by atoms with E-state index in [4.69, 9.17) is 17.0 Å². The zero-order valence-corrected chi connectivity index (χ0v) is 22.8. The van der Waals surface area contributed by atoms with Crippen molar-refractivity contribution in [3.63, 3.8) is 0 Å². The van der Waals surface area contributed by atoms with Crippen LogP contribution in [0.2, 0.25) is 0 Å². The summed E-state index contributed by atoms with van der Waals surface area (Å²) in [4.78, 5) is 36.8. The number of benzene rings is 2. The fraction of sp³-hybridized carbons (Fsp3) is 0.296. The summed E-state index contributed by atoms with van der Waals surface area (Å²) in [6.45, 7) is 1.80. The Morgan fingerprint density at radius 1 is 1.12 bits per heavy atom. The first-order valence-corrected chi connectivity index (χ1v) is 12.9. The van der Waals surface area contributed by atoms with Gasteiger partial charge >= 0.3 is 6.03 Å². The van der Waals surface area contributed by atoms with Gasteiger partial charge in [0.1, 0.15) is 18.0 Å². The molecule has 1 fully saturated rings. The number of thiocarbonyl (C=S) groups is 1. The number of likely N-dealkylation sites (tertiary alicyclic amines) is 1. The highest BCUT2D eigenvalue weighted by Crippen LogP contribution is 2.26. The van der Waals surface area contributed by atoms with Gasteiger partial charge in [-0.25, -0.2) is 23.5 Å². The molecule has 210 valence electrons. The van der Waals surface area contributed by atoms with Crippen LogP contribution in [0, 0.1) is 11.6 Å². The van der Waals surface area contributed by atoms with E-state index in [0.717, 1.165) is 32.0 Å². The fourth-order valence-corrected chi connectivity index (χ4v) is 4.41. The lowest BCUT2D eigenvalue weighted by molar-refractivity contribution is -0.119. The number of hydrogen-bond donors (Lipinski definition) is 3. The van der Waals surface area contributed by atoms with Crippen LogP contribution in [0.5, 0.6) is 11.6 Å². The molecule has 40 heavy (non-hydrogen) atoms. The second-order valence-corrected chi connectivity index (χ2v) is 9.80. The topological polar surface area (TPSA) is 112 Å². The summed E-state index contributed by atoms with van der Waals surface area (Å²) in [5, 5.41) is 7.93. The molecule has 3 N–H and O–H groups in total. The Morgan fingerprint density at radius 2 is 1.90 bits per heavy atom. The van der Waals surface area contributed by atoms with E-state index in [1.165, 1.54) is 48.8 Å². The summed E-state index contributed by atoms with van der Waals surface area (Å²) in [6, 6.07) is 10.7. The van der Waals surface area contributed by atoms with E-state index < -0.39 is 17.5 Å². The highest BCUT2D eigenvalue weighted by Gasteiger charge is 2.24. The van der Waals surface area contributed by atoms with Crippen molar-refractivity contribution in [2.75, 3.05) is 37.8 Å². The SMILES string of the molecule is CN1CCC[C@@H](N(C)C(=O)Nc2cc(Oc3ccc(NC(=S)NC(=O)Cc4ccc(F)cc4)cc3F)ncn2)C1. The monoisotopic (exact) mass is 569 g/mol. The Bertz CT molecular complexity index is 1380. The van der Waals surface area contributed by atoms with Gasteiger partial charge in [0.25, 0.3) is 0 Å². The summed E-state index contributed by atoms with van der Waals surface area (Å²) >= 11 is 5.13. The Morgan fingerprint density at radius 3 is 2.62 bits per heavy atom. The molecule has 13 heteroatoms. The van der Waals surface area contributed by atoms with Crippen LogP contribution in [0.1, 0.15) is 18.4 Å². The van der Waals surface area contributed by atoms with Crippen molar-refractivity contribution >= 4 is 40.8 Å². The van der Waals surface area contributed by atoms with Crippen molar-refractivity contribution < 1.29 is 23.1 Å². The zero-order chi connectivity index (χ0) is 28.6. The Balaban J connectivity index is 1.30. The van der Waals surface area contributed by atoms with Crippen LogP contribution >= 0.6 is 12.2 Å². The van der Waals surface area contributed by atoms with E-state index in [1.807, 2.05) is 7.05 Å². The predicted molar refractivity (Wildman–Crippen MR) is 150 cm³/mol. The minimum atomic E-state index is -0.712. The number of hydrogen-bond acceptors (Lipinski definition) is 7. The largest absolute Gasteiger partial charge is 0.436 e. The normalized spacial score (nSPS) is 15.2. The third-order valence-electron chi connectivity index (χ3n) is 6.28. The summed E-state index contributed by atoms with van der Waals surface area (Å²) in [7, 11) is 3.77. The molecule has 2 heterocycles. The molecular formula is C27H29F2N7O3S. The number of nitrogens with one attached hydrogen (secondary N) is 3. The lowest BCUT2D eigenvalue weighted by Gasteiger charge is -2.35. The molecule has 0 spiro atoms. The average Bonchev–Trinajstić information content (AvgIpc) is 2.91. The van der Waals surface area contributed by atoms with Crippen molar-refractivity contribution in [3.05, 3.63) is 72.1 Å². The maximum absolute atomic E-state index is 14.8. The molecule has 0 radical (unpaired) electrons. The molecule has 0 saturated carbocycles. The van der Waals surface area contributed by atoms with Gasteiger partial charge in [0.05, 0.1) is 6.42 Å². The summed E-state index contributed by atoms with van der Waals surface area (Å²) in [5.74, 6) is -1.38. The van der Waals surface area contributed by atoms with Crippen LogP contribution in [-0.4, -0.2) is 70.0 Å². The minimum absolute atomic E-state index is 0.00116. The highest BCUT2D eigenvalue weighted by molar-refractivity contribution is 7.80. The van der Waals surface area contributed by atoms with Crippen molar-refractivity contribution in [1.82, 2.24) is 25.1 Å². The first-order valence-electron chi connectivity index (χ1n) is 12.5. The molecule has 3 aromatic rings. The molecule has 10 nitrogen and oxygen atoms in total. The predicted octanol–water partition coefficient (Wildman–Crippen LogP) is 4.16. The van der Waals surface area contributed by atoms with E-state index >= 15 is 0 Å². The second-order valence-electron chi connectivity index (χ2n) is 9.39. The van der Waals surface area contributed by atoms with E-state index in [0.29, 0.717) is 5.56 Å². The fourth-order valence-electron chi connectivity index (χ4n) is 4.18. The molecule has 0 aliphatic carbocycles. The number of halogens is 2. The van der Waals surface area contributed by atoms with Gasteiger partial charge in [-0.3, -0.25) is 10.1 Å². The van der Waals surface area contributed by atoms with Gasteiger partial charge in [0.15, 0.2) is 16.7 Å². The van der Waals surface area contributed by atoms with Gasteiger partial charge in [-0.1, -0.05) is 12.1 Å². The van der Waals surface area contributed by atoms with Crippen molar-refractivity contribution in [3.8, 4) is 11.6 Å². The third kappa shape index (κ3) is 8.13. The third-order valence-corrected chi connectivity index (χ3v) is 6.48. The zero-order valence-electron chi connectivity index (χ0n) is 22.0. The lowest BCUT2D eigenvalue weighted by Crippen LogP contribution is -2.48. The molecule has 1 saturated heterocycles. The number of rotatable bonds is 7. The number of ether oxygens (including phenoxy) is 1. The maximum atomic E-state index is 14.8. The molecule has 1 aromatic heterocycles. The summed E-state index contributed by atoms with van der Waals surface area (Å²) < 4.78 is 33.4. The number of piperidine rings is 1. The van der Waals surface area contributed by atoms with Crippen LogP contribution in [0.3, 0.4) is 0 Å². The van der Waals surface area contributed by atoms with Gasteiger partial charge in [-0.15, -0.1) is 0 Å². The Labute approximate surface area is 235 Å². The number of nitrogens with zero attached hydrogens (tertiary/aromatic N) is 4. The van der Waals surface area contributed by atoms with Gasteiger partial charge in [-0.05, 0) is 68.5 Å². The molecule has 4 rings (SSSR count). The van der Waals surface area contributed by atoms with Crippen LogP contribution in [0.4, 0.5) is 25.1 Å². The number of likely N-dealkylation sites (N-methyl/N-ethyl adjacent to an activating group) is 2. The summed E-state index contributed by atoms with van der Waals surface area (Å²) in [6.07, 6.45) is 3.14. The summed E-state index contributed by atoms with van der Waals surface area (Å²) in [5.41, 5.74) is 0.898. The van der Waals surface area contributed by atoms with Crippen LogP contribution < -0.4 is 20.7 Å².